The van der Waals surface area contributed by atoms with Gasteiger partial charge in [0.05, 0.1) is 27.7 Å². The second-order valence-electron chi connectivity index (χ2n) is 3.71. The number of primary amides is 1. The number of amides is 1. The van der Waals surface area contributed by atoms with Crippen molar-refractivity contribution in [1.82, 2.24) is 0 Å². The number of carbonyl (C=O) groups excluding carboxylic acids is 1. The number of nitrogens with zero attached hydrogens (tertiary/aromatic N) is 2. The average molecular weight is 288 g/mol. The molecule has 0 radical (unpaired) electrons. The van der Waals surface area contributed by atoms with Gasteiger partial charge in [0.2, 0.25) is 5.91 Å². The number of nitro benzene ring substituents is 1. The fourth-order valence-electron chi connectivity index (χ4n) is 1.55. The number of anilines is 1. The number of non-ortho nitro benzene ring substituents is 1. The van der Waals surface area contributed by atoms with Crippen LogP contribution in [0.5, 0.6) is 0 Å². The molecule has 0 unspecified atom stereocenters. The van der Waals surface area contributed by atoms with Crippen LogP contribution in [0.4, 0.5) is 11.4 Å². The van der Waals surface area contributed by atoms with E-state index in [0.29, 0.717) is 0 Å². The summed E-state index contributed by atoms with van der Waals surface area (Å²) in [5.41, 5.74) is 4.19. The van der Waals surface area contributed by atoms with Gasteiger partial charge in [-0.15, -0.1) is 0 Å². The van der Waals surface area contributed by atoms with Gasteiger partial charge in [-0.2, -0.15) is 0 Å². The van der Waals surface area contributed by atoms with Gasteiger partial charge in [0.15, 0.2) is 0 Å². The summed E-state index contributed by atoms with van der Waals surface area (Å²) in [5.74, 6) is -2.08. The Balaban J connectivity index is 3.41. The number of halogens is 1. The summed E-state index contributed by atoms with van der Waals surface area (Å²) in [7, 11) is 1.41. The van der Waals surface area contributed by atoms with Crippen LogP contribution in [0.25, 0.3) is 0 Å². The average Bonchev–Trinajstić information content (AvgIpc) is 2.26. The van der Waals surface area contributed by atoms with Gasteiger partial charge < -0.3 is 15.7 Å². The van der Waals surface area contributed by atoms with E-state index in [9.17, 15) is 19.7 Å². The molecule has 1 amide bonds. The number of hydrogen-bond donors (Lipinski definition) is 2. The molecular weight excluding hydrogens is 278 g/mol. The number of nitrogens with two attached hydrogens (primary N) is 1. The Morgan fingerprint density at radius 3 is 2.53 bits per heavy atom. The van der Waals surface area contributed by atoms with E-state index in [1.807, 2.05) is 0 Å². The molecule has 0 atom stereocenters. The predicted octanol–water partition coefficient (Wildman–Crippen LogP) is 0.868. The monoisotopic (exact) mass is 287 g/mol. The zero-order chi connectivity index (χ0) is 14.7. The molecule has 1 rings (SSSR count). The zero-order valence-corrected chi connectivity index (χ0v) is 10.5. The molecule has 0 heterocycles. The van der Waals surface area contributed by atoms with Crippen molar-refractivity contribution in [2.24, 2.45) is 5.73 Å². The van der Waals surface area contributed by atoms with Gasteiger partial charge in [0.1, 0.15) is 0 Å². The summed E-state index contributed by atoms with van der Waals surface area (Å²) in [6, 6.07) is 1.89. The van der Waals surface area contributed by atoms with Crippen LogP contribution in [0, 0.1) is 10.1 Å². The Morgan fingerprint density at radius 2 is 2.11 bits per heavy atom. The van der Waals surface area contributed by atoms with Crippen LogP contribution in [-0.2, 0) is 4.79 Å². The number of carboxylic acids is 1. The van der Waals surface area contributed by atoms with Crippen molar-refractivity contribution in [3.63, 3.8) is 0 Å². The number of benzene rings is 1. The molecule has 1 aromatic carbocycles. The van der Waals surface area contributed by atoms with Crippen LogP contribution in [-0.4, -0.2) is 35.5 Å². The summed E-state index contributed by atoms with van der Waals surface area (Å²) < 4.78 is 0. The van der Waals surface area contributed by atoms with Gasteiger partial charge in [0.25, 0.3) is 5.69 Å². The van der Waals surface area contributed by atoms with E-state index >= 15 is 0 Å². The van der Waals surface area contributed by atoms with Crippen LogP contribution in [0.1, 0.15) is 10.4 Å². The summed E-state index contributed by atoms with van der Waals surface area (Å²) in [5, 5.41) is 19.6. The van der Waals surface area contributed by atoms with E-state index in [1.165, 1.54) is 11.9 Å². The Bertz CT molecular complexity index is 560. The quantitative estimate of drug-likeness (QED) is 0.611. The largest absolute Gasteiger partial charge is 0.478 e. The Labute approximate surface area is 112 Å². The lowest BCUT2D eigenvalue weighted by atomic mass is 10.1. The Hall–Kier alpha value is -2.35. The summed E-state index contributed by atoms with van der Waals surface area (Å²) in [6.07, 6.45) is 0. The zero-order valence-electron chi connectivity index (χ0n) is 9.79. The summed E-state index contributed by atoms with van der Waals surface area (Å²) in [4.78, 5) is 33.1. The minimum absolute atomic E-state index is 0.00133. The molecule has 0 aliphatic carbocycles. The van der Waals surface area contributed by atoms with Crippen molar-refractivity contribution in [1.29, 1.82) is 0 Å². The molecule has 0 aromatic heterocycles. The van der Waals surface area contributed by atoms with E-state index in [0.717, 1.165) is 12.1 Å². The van der Waals surface area contributed by atoms with Gasteiger partial charge in [0, 0.05) is 19.2 Å². The number of hydrogen-bond acceptors (Lipinski definition) is 5. The van der Waals surface area contributed by atoms with Gasteiger partial charge in [-0.25, -0.2) is 4.79 Å². The second-order valence-corrected chi connectivity index (χ2v) is 4.12. The van der Waals surface area contributed by atoms with Crippen LogP contribution in [0.2, 0.25) is 5.02 Å². The molecule has 3 N–H and O–H groups in total. The van der Waals surface area contributed by atoms with Crippen LogP contribution in [0.3, 0.4) is 0 Å². The number of aromatic carboxylic acids is 1. The molecule has 0 aliphatic heterocycles. The summed E-state index contributed by atoms with van der Waals surface area (Å²) >= 11 is 5.84. The molecular formula is C10H10ClN3O5. The molecule has 0 saturated heterocycles. The minimum atomic E-state index is -1.39. The first-order chi connectivity index (χ1) is 8.73. The van der Waals surface area contributed by atoms with Gasteiger partial charge in [-0.1, -0.05) is 11.6 Å². The predicted molar refractivity (Wildman–Crippen MR) is 67.5 cm³/mol. The maximum absolute atomic E-state index is 11.1. The van der Waals surface area contributed by atoms with Crippen molar-refractivity contribution < 1.29 is 19.6 Å². The topological polar surface area (TPSA) is 127 Å². The second kappa shape index (κ2) is 5.53. The highest BCUT2D eigenvalue weighted by Gasteiger charge is 2.23. The first kappa shape index (κ1) is 14.7. The molecule has 0 fully saturated rings. The Kier molecular flexibility index (Phi) is 4.28. The van der Waals surface area contributed by atoms with Crippen molar-refractivity contribution in [3.05, 3.63) is 32.8 Å². The van der Waals surface area contributed by atoms with Crippen LogP contribution >= 0.6 is 11.6 Å². The lowest BCUT2D eigenvalue weighted by Gasteiger charge is -2.20. The molecule has 0 spiro atoms. The fraction of sp³-hybridized carbons (Fsp3) is 0.200. The highest BCUT2D eigenvalue weighted by atomic mass is 35.5. The lowest BCUT2D eigenvalue weighted by molar-refractivity contribution is -0.384. The molecule has 102 valence electrons. The molecule has 19 heavy (non-hydrogen) atoms. The molecule has 0 bridgehead atoms. The standard InChI is InChI=1S/C10H10ClN3O5/c1-13(4-8(12)15)9-6(10(16)17)2-5(14(18)19)3-7(9)11/h2-3H,4H2,1H3,(H2,12,15)(H,16,17). The lowest BCUT2D eigenvalue weighted by Crippen LogP contribution is -2.31. The van der Waals surface area contributed by atoms with Crippen molar-refractivity contribution in [3.8, 4) is 0 Å². The Morgan fingerprint density at radius 1 is 1.53 bits per heavy atom. The first-order valence-electron chi connectivity index (χ1n) is 4.94. The van der Waals surface area contributed by atoms with Gasteiger partial charge in [-0.05, 0) is 0 Å². The number of carbonyl (C=O) groups is 2. The SMILES string of the molecule is CN(CC(N)=O)c1c(Cl)cc([N+](=O)[O-])cc1C(=O)O. The number of carboxylic acid groups (broad SMARTS) is 1. The third-order valence-corrected chi connectivity index (χ3v) is 2.55. The van der Waals surface area contributed by atoms with Crippen LogP contribution in [0.15, 0.2) is 12.1 Å². The highest BCUT2D eigenvalue weighted by Crippen LogP contribution is 2.33. The van der Waals surface area contributed by atoms with Crippen molar-refractivity contribution >= 4 is 34.9 Å². The molecule has 1 aromatic rings. The number of likely N-dealkylation sites (N-methyl/N-ethyl adjacent to an activating group) is 1. The maximum Gasteiger partial charge on any atom is 0.338 e. The van der Waals surface area contributed by atoms with Gasteiger partial charge >= 0.3 is 5.97 Å². The van der Waals surface area contributed by atoms with Crippen molar-refractivity contribution in [2.45, 2.75) is 0 Å². The normalized spacial score (nSPS) is 10.0. The van der Waals surface area contributed by atoms with E-state index in [-0.39, 0.29) is 22.8 Å². The first-order valence-corrected chi connectivity index (χ1v) is 5.32. The van der Waals surface area contributed by atoms with Gasteiger partial charge in [-0.3, -0.25) is 14.9 Å². The van der Waals surface area contributed by atoms with E-state index < -0.39 is 22.5 Å². The fourth-order valence-corrected chi connectivity index (χ4v) is 1.91. The molecule has 9 heteroatoms. The molecule has 8 nitrogen and oxygen atoms in total. The number of rotatable bonds is 5. The van der Waals surface area contributed by atoms with E-state index in [2.05, 4.69) is 0 Å². The van der Waals surface area contributed by atoms with E-state index in [4.69, 9.17) is 22.4 Å². The van der Waals surface area contributed by atoms with Crippen LogP contribution < -0.4 is 10.6 Å². The smallest absolute Gasteiger partial charge is 0.338 e. The third-order valence-electron chi connectivity index (χ3n) is 2.26. The maximum atomic E-state index is 11.1. The highest BCUT2D eigenvalue weighted by molar-refractivity contribution is 6.34. The minimum Gasteiger partial charge on any atom is -0.478 e. The van der Waals surface area contributed by atoms with Crippen molar-refractivity contribution in [2.75, 3.05) is 18.5 Å². The molecule has 0 aliphatic rings. The number of nitro groups is 1. The van der Waals surface area contributed by atoms with E-state index in [1.54, 1.807) is 0 Å². The molecule has 0 saturated carbocycles. The third kappa shape index (κ3) is 3.32. The summed E-state index contributed by atoms with van der Waals surface area (Å²) in [6.45, 7) is -0.266.